The summed E-state index contributed by atoms with van der Waals surface area (Å²) in [5, 5.41) is 9.15. The molecule has 0 saturated heterocycles. The van der Waals surface area contributed by atoms with E-state index in [0.717, 1.165) is 10.0 Å². The van der Waals surface area contributed by atoms with Gasteiger partial charge < -0.3 is 9.94 Å². The number of hydrogen-bond donors (Lipinski definition) is 2. The molecule has 0 fully saturated rings. The van der Waals surface area contributed by atoms with Crippen LogP contribution in [0.5, 0.6) is 5.75 Å². The second-order valence-corrected chi connectivity index (χ2v) is 3.71. The maximum atomic E-state index is 8.56. The molecule has 0 bridgehead atoms. The Bertz CT molecular complexity index is 306. The summed E-state index contributed by atoms with van der Waals surface area (Å²) in [6, 6.07) is 3.47. The van der Waals surface area contributed by atoms with Crippen LogP contribution in [0.1, 0.15) is 5.56 Å². The Morgan fingerprint density at radius 1 is 1.62 bits per heavy atom. The van der Waals surface area contributed by atoms with E-state index in [4.69, 9.17) is 21.5 Å². The van der Waals surface area contributed by atoms with Crippen molar-refractivity contribution in [2.45, 2.75) is 6.54 Å². The predicted octanol–water partition coefficient (Wildman–Crippen LogP) is 2.59. The molecule has 0 aromatic heterocycles. The van der Waals surface area contributed by atoms with E-state index in [-0.39, 0.29) is 0 Å². The monoisotopic (exact) mass is 265 g/mol. The van der Waals surface area contributed by atoms with Gasteiger partial charge in [-0.2, -0.15) is 0 Å². The fourth-order valence-electron chi connectivity index (χ4n) is 1.06. The molecule has 0 aliphatic carbocycles. The molecule has 1 rings (SSSR count). The van der Waals surface area contributed by atoms with Gasteiger partial charge in [-0.1, -0.05) is 11.6 Å². The normalized spacial score (nSPS) is 10.2. The zero-order valence-electron chi connectivity index (χ0n) is 6.97. The van der Waals surface area contributed by atoms with Crippen LogP contribution in [0.3, 0.4) is 0 Å². The third-order valence-electron chi connectivity index (χ3n) is 1.56. The molecule has 3 nitrogen and oxygen atoms in total. The Balaban J connectivity index is 3.13. The molecule has 1 aromatic carbocycles. The summed E-state index contributed by atoms with van der Waals surface area (Å²) in [6.45, 7) is 0.294. The standard InChI is InChI=1S/C8H9BrClNO2/c1-13-8-5(4-11-12)2-6(10)3-7(8)9/h2-3,11-12H,4H2,1H3. The number of hydrogen-bond acceptors (Lipinski definition) is 3. The van der Waals surface area contributed by atoms with E-state index in [9.17, 15) is 0 Å². The van der Waals surface area contributed by atoms with Crippen molar-refractivity contribution < 1.29 is 9.94 Å². The molecule has 2 N–H and O–H groups in total. The molecule has 0 heterocycles. The van der Waals surface area contributed by atoms with Gasteiger partial charge in [-0.15, -0.1) is 0 Å². The van der Waals surface area contributed by atoms with E-state index in [1.54, 1.807) is 19.2 Å². The Morgan fingerprint density at radius 2 is 2.31 bits per heavy atom. The first-order valence-corrected chi connectivity index (χ1v) is 4.75. The third kappa shape index (κ3) is 2.57. The predicted molar refractivity (Wildman–Crippen MR) is 54.3 cm³/mol. The van der Waals surface area contributed by atoms with Crippen molar-refractivity contribution in [1.82, 2.24) is 5.48 Å². The molecule has 0 amide bonds. The van der Waals surface area contributed by atoms with Crippen LogP contribution >= 0.6 is 27.5 Å². The summed E-state index contributed by atoms with van der Waals surface area (Å²) in [6.07, 6.45) is 0. The lowest BCUT2D eigenvalue weighted by atomic mass is 10.2. The topological polar surface area (TPSA) is 41.5 Å². The third-order valence-corrected chi connectivity index (χ3v) is 2.37. The van der Waals surface area contributed by atoms with Crippen LogP contribution in [0.15, 0.2) is 16.6 Å². The molecule has 0 aliphatic heterocycles. The summed E-state index contributed by atoms with van der Waals surface area (Å²) in [5.74, 6) is 0.672. The van der Waals surface area contributed by atoms with Gasteiger partial charge in [0.15, 0.2) is 0 Å². The van der Waals surface area contributed by atoms with Gasteiger partial charge in [-0.05, 0) is 28.1 Å². The molecular formula is C8H9BrClNO2. The average Bonchev–Trinajstić information content (AvgIpc) is 2.04. The quantitative estimate of drug-likeness (QED) is 0.826. The number of rotatable bonds is 3. The van der Waals surface area contributed by atoms with E-state index in [1.165, 1.54) is 0 Å². The molecule has 0 spiro atoms. The highest BCUT2D eigenvalue weighted by Crippen LogP contribution is 2.32. The Kier molecular flexibility index (Phi) is 3.99. The van der Waals surface area contributed by atoms with Gasteiger partial charge in [0.2, 0.25) is 0 Å². The van der Waals surface area contributed by atoms with Crippen LogP contribution in [0, 0.1) is 0 Å². The van der Waals surface area contributed by atoms with E-state index in [1.807, 2.05) is 0 Å². The Hall–Kier alpha value is -0.290. The number of hydroxylamine groups is 1. The number of ether oxygens (including phenoxy) is 1. The minimum atomic E-state index is 0.294. The highest BCUT2D eigenvalue weighted by atomic mass is 79.9. The number of nitrogens with one attached hydrogen (secondary N) is 1. The highest BCUT2D eigenvalue weighted by molar-refractivity contribution is 9.10. The van der Waals surface area contributed by atoms with Crippen molar-refractivity contribution in [3.63, 3.8) is 0 Å². The number of benzene rings is 1. The molecular weight excluding hydrogens is 257 g/mol. The van der Waals surface area contributed by atoms with E-state index < -0.39 is 0 Å². The SMILES string of the molecule is COc1c(Br)cc(Cl)cc1CNO. The van der Waals surface area contributed by atoms with Crippen molar-refractivity contribution in [3.05, 3.63) is 27.2 Å². The van der Waals surface area contributed by atoms with Gasteiger partial charge in [0.25, 0.3) is 0 Å². The minimum Gasteiger partial charge on any atom is -0.495 e. The molecule has 0 saturated carbocycles. The van der Waals surface area contributed by atoms with Crippen molar-refractivity contribution in [3.8, 4) is 5.75 Å². The van der Waals surface area contributed by atoms with Crippen molar-refractivity contribution in [2.75, 3.05) is 7.11 Å². The van der Waals surface area contributed by atoms with E-state index >= 15 is 0 Å². The van der Waals surface area contributed by atoms with Crippen LogP contribution < -0.4 is 10.2 Å². The number of halogens is 2. The van der Waals surface area contributed by atoms with Gasteiger partial charge >= 0.3 is 0 Å². The molecule has 5 heteroatoms. The van der Waals surface area contributed by atoms with Gasteiger partial charge in [0.05, 0.1) is 11.6 Å². The Morgan fingerprint density at radius 3 is 2.85 bits per heavy atom. The molecule has 0 aliphatic rings. The lowest BCUT2D eigenvalue weighted by Gasteiger charge is -2.09. The van der Waals surface area contributed by atoms with Gasteiger partial charge in [0, 0.05) is 17.1 Å². The fourth-order valence-corrected chi connectivity index (χ4v) is 2.09. The van der Waals surface area contributed by atoms with Crippen LogP contribution in [-0.2, 0) is 6.54 Å². The molecule has 13 heavy (non-hydrogen) atoms. The van der Waals surface area contributed by atoms with Gasteiger partial charge in [-0.3, -0.25) is 0 Å². The van der Waals surface area contributed by atoms with E-state index in [2.05, 4.69) is 21.4 Å². The fraction of sp³-hybridized carbons (Fsp3) is 0.250. The molecule has 0 unspecified atom stereocenters. The zero-order chi connectivity index (χ0) is 9.84. The maximum absolute atomic E-state index is 8.56. The zero-order valence-corrected chi connectivity index (χ0v) is 9.32. The molecule has 0 radical (unpaired) electrons. The van der Waals surface area contributed by atoms with Crippen LogP contribution in [0.25, 0.3) is 0 Å². The largest absolute Gasteiger partial charge is 0.495 e. The number of methoxy groups -OCH3 is 1. The first kappa shape index (κ1) is 10.8. The van der Waals surface area contributed by atoms with Gasteiger partial charge in [0.1, 0.15) is 5.75 Å². The summed E-state index contributed by atoms with van der Waals surface area (Å²) < 4.78 is 5.90. The maximum Gasteiger partial charge on any atom is 0.137 e. The summed E-state index contributed by atoms with van der Waals surface area (Å²) >= 11 is 9.13. The Labute approximate surface area is 89.7 Å². The summed E-state index contributed by atoms with van der Waals surface area (Å²) in [4.78, 5) is 0. The summed E-state index contributed by atoms with van der Waals surface area (Å²) in [7, 11) is 1.56. The lowest BCUT2D eigenvalue weighted by molar-refractivity contribution is 0.160. The lowest BCUT2D eigenvalue weighted by Crippen LogP contribution is -2.07. The van der Waals surface area contributed by atoms with Gasteiger partial charge in [-0.25, -0.2) is 5.48 Å². The molecule has 72 valence electrons. The minimum absolute atomic E-state index is 0.294. The summed E-state index contributed by atoms with van der Waals surface area (Å²) in [5.41, 5.74) is 2.85. The highest BCUT2D eigenvalue weighted by Gasteiger charge is 2.08. The van der Waals surface area contributed by atoms with Crippen LogP contribution in [0.2, 0.25) is 5.02 Å². The van der Waals surface area contributed by atoms with Crippen LogP contribution in [0.4, 0.5) is 0 Å². The second kappa shape index (κ2) is 4.81. The van der Waals surface area contributed by atoms with Crippen LogP contribution in [-0.4, -0.2) is 12.3 Å². The van der Waals surface area contributed by atoms with E-state index in [0.29, 0.717) is 17.3 Å². The van der Waals surface area contributed by atoms with Crippen molar-refractivity contribution in [2.24, 2.45) is 0 Å². The molecule has 1 aromatic rings. The first-order valence-electron chi connectivity index (χ1n) is 3.58. The van der Waals surface area contributed by atoms with Crippen molar-refractivity contribution in [1.29, 1.82) is 0 Å². The molecule has 0 atom stereocenters. The average molecular weight is 267 g/mol. The smallest absolute Gasteiger partial charge is 0.137 e. The first-order chi connectivity index (χ1) is 6.19. The second-order valence-electron chi connectivity index (χ2n) is 2.41. The van der Waals surface area contributed by atoms with Crippen molar-refractivity contribution >= 4 is 27.5 Å².